The monoisotopic (exact) mass is 392 g/mol. The van der Waals surface area contributed by atoms with Crippen molar-refractivity contribution in [3.63, 3.8) is 0 Å². The summed E-state index contributed by atoms with van der Waals surface area (Å²) in [4.78, 5) is 36.4. The molecule has 0 aromatic heterocycles. The Kier molecular flexibility index (Phi) is 9.61. The summed E-state index contributed by atoms with van der Waals surface area (Å²) in [5.74, 6) is -1.48. The molecule has 0 unspecified atom stereocenters. The zero-order valence-corrected chi connectivity index (χ0v) is 16.9. The van der Waals surface area contributed by atoms with E-state index in [1.807, 2.05) is 45.9 Å². The van der Waals surface area contributed by atoms with Crippen LogP contribution >= 0.6 is 0 Å². The third-order valence-electron chi connectivity index (χ3n) is 4.19. The van der Waals surface area contributed by atoms with E-state index < -0.39 is 24.1 Å². The van der Waals surface area contributed by atoms with Crippen molar-refractivity contribution in [3.05, 3.63) is 30.3 Å². The molecular weight excluding hydrogens is 360 g/mol. The molecule has 28 heavy (non-hydrogen) atoms. The Morgan fingerprint density at radius 2 is 1.64 bits per heavy atom. The number of carbonyl (C=O) groups excluding carboxylic acids is 3. The summed E-state index contributed by atoms with van der Waals surface area (Å²) in [6.45, 7) is 7.45. The van der Waals surface area contributed by atoms with E-state index >= 15 is 0 Å². The summed E-state index contributed by atoms with van der Waals surface area (Å²) in [5, 5.41) is 18.0. The summed E-state index contributed by atoms with van der Waals surface area (Å²) in [6.07, 6.45) is -0.916. The van der Waals surface area contributed by atoms with Crippen LogP contribution in [0.4, 0.5) is 5.69 Å². The standard InChI is InChI=1S/C20H32N4O4/c1-12(2)10-15(19(27)23-14-8-6-5-7-9-14)24-20(28)17(13(3)4)22-11-16(25)18(21)26/h5-9,12-13,15-17,22,25H,10-11H2,1-4H3,(H2,21,26)(H,23,27)(H,24,28)/t15-,16-,17-/m0/s1. The van der Waals surface area contributed by atoms with Gasteiger partial charge in [0.25, 0.3) is 0 Å². The fourth-order valence-corrected chi connectivity index (χ4v) is 2.69. The lowest BCUT2D eigenvalue weighted by atomic mass is 9.99. The van der Waals surface area contributed by atoms with Crippen molar-refractivity contribution in [2.24, 2.45) is 17.6 Å². The molecule has 3 amide bonds. The summed E-state index contributed by atoms with van der Waals surface area (Å²) in [6, 6.07) is 7.63. The number of hydrogen-bond donors (Lipinski definition) is 5. The van der Waals surface area contributed by atoms with Crippen molar-refractivity contribution in [2.75, 3.05) is 11.9 Å². The first-order chi connectivity index (χ1) is 13.1. The van der Waals surface area contributed by atoms with E-state index in [4.69, 9.17) is 5.73 Å². The van der Waals surface area contributed by atoms with Gasteiger partial charge in [-0.05, 0) is 30.4 Å². The topological polar surface area (TPSA) is 134 Å². The van der Waals surface area contributed by atoms with Crippen LogP contribution in [0.3, 0.4) is 0 Å². The molecule has 1 rings (SSSR count). The Hall–Kier alpha value is -2.45. The fraction of sp³-hybridized carbons (Fsp3) is 0.550. The molecule has 0 aliphatic heterocycles. The van der Waals surface area contributed by atoms with Crippen LogP contribution < -0.4 is 21.7 Å². The minimum atomic E-state index is -1.39. The average molecular weight is 393 g/mol. The molecule has 0 spiro atoms. The van der Waals surface area contributed by atoms with Gasteiger partial charge >= 0.3 is 0 Å². The zero-order chi connectivity index (χ0) is 21.3. The highest BCUT2D eigenvalue weighted by molar-refractivity contribution is 5.97. The molecule has 0 aliphatic carbocycles. The van der Waals surface area contributed by atoms with Crippen molar-refractivity contribution in [1.82, 2.24) is 10.6 Å². The van der Waals surface area contributed by atoms with Crippen molar-refractivity contribution in [3.8, 4) is 0 Å². The van der Waals surface area contributed by atoms with Gasteiger partial charge in [-0.3, -0.25) is 14.4 Å². The summed E-state index contributed by atoms with van der Waals surface area (Å²) >= 11 is 0. The number of carbonyl (C=O) groups is 3. The van der Waals surface area contributed by atoms with Gasteiger partial charge in [0.2, 0.25) is 17.7 Å². The third kappa shape index (κ3) is 8.06. The van der Waals surface area contributed by atoms with E-state index in [2.05, 4.69) is 16.0 Å². The SMILES string of the molecule is CC(C)C[C@H](NC(=O)[C@@H](NC[C@H](O)C(N)=O)C(C)C)C(=O)Nc1ccccc1. The van der Waals surface area contributed by atoms with Gasteiger partial charge in [0, 0.05) is 12.2 Å². The number of benzene rings is 1. The predicted octanol–water partition coefficient (Wildman–Crippen LogP) is 0.616. The van der Waals surface area contributed by atoms with Gasteiger partial charge in [-0.2, -0.15) is 0 Å². The van der Waals surface area contributed by atoms with Gasteiger partial charge in [-0.1, -0.05) is 45.9 Å². The smallest absolute Gasteiger partial charge is 0.247 e. The lowest BCUT2D eigenvalue weighted by molar-refractivity contribution is -0.130. The molecule has 0 radical (unpaired) electrons. The number of aliphatic hydroxyl groups is 1. The van der Waals surface area contributed by atoms with E-state index in [0.29, 0.717) is 12.1 Å². The summed E-state index contributed by atoms with van der Waals surface area (Å²) < 4.78 is 0. The average Bonchev–Trinajstić information content (AvgIpc) is 2.61. The van der Waals surface area contributed by atoms with E-state index in [9.17, 15) is 19.5 Å². The molecule has 0 saturated heterocycles. The number of hydrogen-bond acceptors (Lipinski definition) is 5. The molecular formula is C20H32N4O4. The van der Waals surface area contributed by atoms with Gasteiger partial charge in [0.05, 0.1) is 6.04 Å². The van der Waals surface area contributed by atoms with Crippen molar-refractivity contribution < 1.29 is 19.5 Å². The maximum atomic E-state index is 12.8. The van der Waals surface area contributed by atoms with E-state index in [-0.39, 0.29) is 30.2 Å². The molecule has 3 atom stereocenters. The highest BCUT2D eigenvalue weighted by Crippen LogP contribution is 2.11. The number of anilines is 1. The van der Waals surface area contributed by atoms with Crippen LogP contribution in [0.2, 0.25) is 0 Å². The lowest BCUT2D eigenvalue weighted by Crippen LogP contribution is -2.55. The largest absolute Gasteiger partial charge is 0.382 e. The minimum absolute atomic E-state index is 0.128. The van der Waals surface area contributed by atoms with Crippen molar-refractivity contribution >= 4 is 23.4 Å². The lowest BCUT2D eigenvalue weighted by Gasteiger charge is -2.26. The minimum Gasteiger partial charge on any atom is -0.382 e. The number of primary amides is 1. The van der Waals surface area contributed by atoms with Crippen LogP contribution in [0.25, 0.3) is 0 Å². The quantitative estimate of drug-likeness (QED) is 0.376. The molecule has 8 heteroatoms. The fourth-order valence-electron chi connectivity index (χ4n) is 2.69. The Labute approximate surface area is 166 Å². The summed E-state index contributed by atoms with van der Waals surface area (Å²) in [5.41, 5.74) is 5.69. The Bertz CT molecular complexity index is 649. The highest BCUT2D eigenvalue weighted by Gasteiger charge is 2.28. The van der Waals surface area contributed by atoms with Crippen molar-refractivity contribution in [2.45, 2.75) is 52.3 Å². The van der Waals surface area contributed by atoms with Gasteiger partial charge in [0.1, 0.15) is 12.1 Å². The molecule has 6 N–H and O–H groups in total. The van der Waals surface area contributed by atoms with Gasteiger partial charge in [0.15, 0.2) is 0 Å². The van der Waals surface area contributed by atoms with Gasteiger partial charge in [-0.25, -0.2) is 0 Å². The number of para-hydroxylation sites is 1. The first kappa shape index (κ1) is 23.6. The van der Waals surface area contributed by atoms with Crippen LogP contribution in [-0.4, -0.2) is 47.6 Å². The summed E-state index contributed by atoms with van der Waals surface area (Å²) in [7, 11) is 0. The van der Waals surface area contributed by atoms with Crippen LogP contribution in [0.1, 0.15) is 34.1 Å². The number of amides is 3. The second-order valence-electron chi connectivity index (χ2n) is 7.59. The molecule has 0 heterocycles. The van der Waals surface area contributed by atoms with E-state index in [1.54, 1.807) is 12.1 Å². The van der Waals surface area contributed by atoms with Crippen LogP contribution in [0.15, 0.2) is 30.3 Å². The first-order valence-corrected chi connectivity index (χ1v) is 9.48. The molecule has 0 saturated carbocycles. The first-order valence-electron chi connectivity index (χ1n) is 9.48. The second-order valence-corrected chi connectivity index (χ2v) is 7.59. The highest BCUT2D eigenvalue weighted by atomic mass is 16.3. The Morgan fingerprint density at radius 3 is 2.14 bits per heavy atom. The van der Waals surface area contributed by atoms with Crippen LogP contribution in [-0.2, 0) is 14.4 Å². The molecule has 0 fully saturated rings. The molecule has 0 bridgehead atoms. The number of nitrogens with one attached hydrogen (secondary N) is 3. The number of rotatable bonds is 11. The van der Waals surface area contributed by atoms with Gasteiger partial charge in [-0.15, -0.1) is 0 Å². The van der Waals surface area contributed by atoms with E-state index in [1.165, 1.54) is 0 Å². The molecule has 1 aromatic rings. The number of nitrogens with two attached hydrogens (primary N) is 1. The molecule has 0 aliphatic rings. The number of aliphatic hydroxyl groups excluding tert-OH is 1. The van der Waals surface area contributed by atoms with Crippen molar-refractivity contribution in [1.29, 1.82) is 0 Å². The molecule has 1 aromatic carbocycles. The Balaban J connectivity index is 2.82. The van der Waals surface area contributed by atoms with Crippen LogP contribution in [0, 0.1) is 11.8 Å². The second kappa shape index (κ2) is 11.4. The third-order valence-corrected chi connectivity index (χ3v) is 4.19. The normalized spacial score (nSPS) is 14.4. The predicted molar refractivity (Wildman–Crippen MR) is 108 cm³/mol. The zero-order valence-electron chi connectivity index (χ0n) is 16.9. The Morgan fingerprint density at radius 1 is 1.04 bits per heavy atom. The maximum absolute atomic E-state index is 12.8. The molecule has 8 nitrogen and oxygen atoms in total. The maximum Gasteiger partial charge on any atom is 0.247 e. The van der Waals surface area contributed by atoms with Gasteiger partial charge < -0.3 is 26.8 Å². The van der Waals surface area contributed by atoms with Crippen LogP contribution in [0.5, 0.6) is 0 Å². The molecule has 156 valence electrons. The van der Waals surface area contributed by atoms with E-state index in [0.717, 1.165) is 0 Å².